The van der Waals surface area contributed by atoms with Crippen LogP contribution in [0.25, 0.3) is 0 Å². The maximum Gasteiger partial charge on any atom is 0.273 e. The highest BCUT2D eigenvalue weighted by molar-refractivity contribution is 9.12. The molecule has 3 amide bonds. The van der Waals surface area contributed by atoms with E-state index in [1.807, 2.05) is 13.8 Å². The number of amides is 3. The molecule has 0 spiro atoms. The summed E-state index contributed by atoms with van der Waals surface area (Å²) >= 11 is 7.30. The van der Waals surface area contributed by atoms with Crippen molar-refractivity contribution in [2.75, 3.05) is 6.54 Å². The molecule has 0 unspecified atom stereocenters. The van der Waals surface area contributed by atoms with Gasteiger partial charge in [-0.05, 0) is 61.4 Å². The minimum atomic E-state index is -0.758. The molecule has 0 radical (unpaired) electrons. The number of halogens is 2. The Morgan fingerprint density at radius 3 is 2.00 bits per heavy atom. The maximum atomic E-state index is 13.7. The zero-order valence-corrected chi connectivity index (χ0v) is 23.1. The van der Waals surface area contributed by atoms with Gasteiger partial charge >= 0.3 is 0 Å². The number of aryl methyl sites for hydroxylation is 2. The van der Waals surface area contributed by atoms with Gasteiger partial charge in [-0.3, -0.25) is 29.3 Å². The fourth-order valence-electron chi connectivity index (χ4n) is 5.82. The zero-order chi connectivity index (χ0) is 26.8. The third-order valence-electron chi connectivity index (χ3n) is 7.89. The lowest BCUT2D eigenvalue weighted by atomic mass is 9.81. The van der Waals surface area contributed by atoms with Crippen LogP contribution in [0.4, 0.5) is 5.69 Å². The molecule has 2 aromatic carbocycles. The van der Waals surface area contributed by atoms with Crippen LogP contribution in [0.15, 0.2) is 42.5 Å². The molecule has 2 aromatic rings. The van der Waals surface area contributed by atoms with E-state index in [2.05, 4.69) is 31.9 Å². The molecular formula is C26H23Br2N3O6. The average Bonchev–Trinajstić information content (AvgIpc) is 3.48. The van der Waals surface area contributed by atoms with E-state index in [9.17, 15) is 29.3 Å². The number of hydrogen-bond acceptors (Lipinski definition) is 6. The quantitative estimate of drug-likeness (QED) is 0.155. The lowest BCUT2D eigenvalue weighted by Crippen LogP contribution is -2.52. The Bertz CT molecular complexity index is 1310. The van der Waals surface area contributed by atoms with Gasteiger partial charge in [-0.15, -0.1) is 0 Å². The summed E-state index contributed by atoms with van der Waals surface area (Å²) in [6, 6.07) is 10.0. The number of imide groups is 1. The monoisotopic (exact) mass is 631 g/mol. The number of nitro groups is 1. The van der Waals surface area contributed by atoms with Crippen LogP contribution in [-0.4, -0.2) is 54.6 Å². The normalized spacial score (nSPS) is 27.9. The highest BCUT2D eigenvalue weighted by Crippen LogP contribution is 2.60. The standard InChI is InChI=1S/C26H23Br2N3O6/c1-12-3-4-15(9-13(12)2)19(32)11-29(24(33)14-5-7-16(8-6-14)31(36)37)30-25(34)20-17-10-18(21(20)26(30)35)23(28)22(17)27/h3-9,17-18,20-23H,10-11H2,1-2H3/t17-,18-,20-,21+,22-,23+/m1/s1. The number of rotatable bonds is 6. The first kappa shape index (κ1) is 25.7. The van der Waals surface area contributed by atoms with Gasteiger partial charge in [-0.1, -0.05) is 44.0 Å². The predicted octanol–water partition coefficient (Wildman–Crippen LogP) is 4.23. The number of Topliss-reactive ketones (excluding diaryl/α,β-unsaturated/α-hetero) is 1. The number of nitrogens with zero attached hydrogens (tertiary/aromatic N) is 3. The van der Waals surface area contributed by atoms with E-state index in [0.717, 1.165) is 27.6 Å². The van der Waals surface area contributed by atoms with Crippen molar-refractivity contribution in [2.24, 2.45) is 23.7 Å². The molecule has 0 N–H and O–H groups in total. The zero-order valence-electron chi connectivity index (χ0n) is 20.0. The summed E-state index contributed by atoms with van der Waals surface area (Å²) < 4.78 is 0. The van der Waals surface area contributed by atoms with Crippen molar-refractivity contribution < 1.29 is 24.1 Å². The van der Waals surface area contributed by atoms with Crippen molar-refractivity contribution in [3.8, 4) is 0 Å². The fourth-order valence-corrected chi connectivity index (χ4v) is 7.69. The smallest absolute Gasteiger partial charge is 0.273 e. The number of nitro benzene ring substituents is 1. The number of benzene rings is 2. The second-order valence-corrected chi connectivity index (χ2v) is 12.0. The van der Waals surface area contributed by atoms with Crippen LogP contribution in [0.5, 0.6) is 0 Å². The Balaban J connectivity index is 1.51. The SMILES string of the molecule is Cc1ccc(C(=O)CN(C(=O)c2ccc([N+](=O)[O-])cc2)N2C(=O)[C@@H]3[C@H]4C[C@@H]([C@H](Br)[C@@H]4Br)[C@@H]3C2=O)cc1C. The van der Waals surface area contributed by atoms with E-state index in [-0.39, 0.29) is 32.7 Å². The first-order valence-corrected chi connectivity index (χ1v) is 13.7. The van der Waals surface area contributed by atoms with Gasteiger partial charge < -0.3 is 0 Å². The number of carbonyl (C=O) groups is 4. The molecular weight excluding hydrogens is 610 g/mol. The van der Waals surface area contributed by atoms with Gasteiger partial charge in [0, 0.05) is 32.9 Å². The highest BCUT2D eigenvalue weighted by atomic mass is 79.9. The van der Waals surface area contributed by atoms with Crippen molar-refractivity contribution in [1.82, 2.24) is 10.0 Å². The predicted molar refractivity (Wildman–Crippen MR) is 140 cm³/mol. The van der Waals surface area contributed by atoms with Crippen molar-refractivity contribution in [3.63, 3.8) is 0 Å². The van der Waals surface area contributed by atoms with Crippen LogP contribution in [0.3, 0.4) is 0 Å². The van der Waals surface area contributed by atoms with Crippen LogP contribution < -0.4 is 0 Å². The Morgan fingerprint density at radius 2 is 1.49 bits per heavy atom. The fraction of sp³-hybridized carbons (Fsp3) is 0.385. The maximum absolute atomic E-state index is 13.7. The molecule has 3 aliphatic rings. The molecule has 192 valence electrons. The molecule has 11 heteroatoms. The molecule has 2 saturated carbocycles. The Kier molecular flexibility index (Phi) is 6.56. The molecule has 6 atom stereocenters. The number of ketones is 1. The van der Waals surface area contributed by atoms with E-state index in [4.69, 9.17) is 0 Å². The third-order valence-corrected chi connectivity index (χ3v) is 11.1. The minimum absolute atomic E-state index is 0.0199. The largest absolute Gasteiger partial charge is 0.292 e. The van der Waals surface area contributed by atoms with Gasteiger partial charge in [0.1, 0.15) is 6.54 Å². The summed E-state index contributed by atoms with van der Waals surface area (Å²) in [6.45, 7) is 3.25. The first-order chi connectivity index (χ1) is 17.5. The van der Waals surface area contributed by atoms with Gasteiger partial charge in [0.25, 0.3) is 23.4 Å². The Hall–Kier alpha value is -2.92. The molecule has 2 aliphatic carbocycles. The van der Waals surface area contributed by atoms with Gasteiger partial charge in [-0.2, -0.15) is 5.01 Å². The minimum Gasteiger partial charge on any atom is -0.292 e. The second-order valence-electron chi connectivity index (χ2n) is 9.88. The van der Waals surface area contributed by atoms with E-state index < -0.39 is 46.8 Å². The molecule has 3 fully saturated rings. The summed E-state index contributed by atoms with van der Waals surface area (Å²) in [5.74, 6) is -3.44. The number of alkyl halides is 2. The van der Waals surface area contributed by atoms with Crippen molar-refractivity contribution in [1.29, 1.82) is 0 Å². The van der Waals surface area contributed by atoms with Gasteiger partial charge in [0.2, 0.25) is 0 Å². The molecule has 1 saturated heterocycles. The summed E-state index contributed by atoms with van der Waals surface area (Å²) in [5, 5.41) is 12.8. The lowest BCUT2D eigenvalue weighted by molar-refractivity contribution is -0.384. The van der Waals surface area contributed by atoms with Gasteiger partial charge in [0.05, 0.1) is 16.8 Å². The summed E-state index contributed by atoms with van der Waals surface area (Å²) in [4.78, 5) is 64.8. The van der Waals surface area contributed by atoms with Crippen LogP contribution in [-0.2, 0) is 9.59 Å². The van der Waals surface area contributed by atoms with E-state index in [0.29, 0.717) is 5.56 Å². The molecule has 9 nitrogen and oxygen atoms in total. The van der Waals surface area contributed by atoms with Crippen LogP contribution >= 0.6 is 31.9 Å². The number of non-ortho nitro benzene ring substituents is 1. The number of hydrazine groups is 1. The van der Waals surface area contributed by atoms with Crippen LogP contribution in [0.1, 0.15) is 38.3 Å². The lowest BCUT2D eigenvalue weighted by Gasteiger charge is -2.31. The molecule has 1 heterocycles. The topological polar surface area (TPSA) is 118 Å². The van der Waals surface area contributed by atoms with E-state index in [1.54, 1.807) is 18.2 Å². The first-order valence-electron chi connectivity index (χ1n) is 11.8. The van der Waals surface area contributed by atoms with Gasteiger partial charge in [0.15, 0.2) is 5.78 Å². The molecule has 0 aromatic heterocycles. The van der Waals surface area contributed by atoms with E-state index in [1.165, 1.54) is 24.3 Å². The van der Waals surface area contributed by atoms with Crippen molar-refractivity contribution in [2.45, 2.75) is 29.9 Å². The summed E-state index contributed by atoms with van der Waals surface area (Å²) in [6.07, 6.45) is 0.727. The Morgan fingerprint density at radius 1 is 0.946 bits per heavy atom. The highest BCUT2D eigenvalue weighted by Gasteiger charge is 2.67. The van der Waals surface area contributed by atoms with Crippen molar-refractivity contribution >= 4 is 61.1 Å². The average molecular weight is 633 g/mol. The van der Waals surface area contributed by atoms with Crippen LogP contribution in [0.2, 0.25) is 0 Å². The summed E-state index contributed by atoms with van der Waals surface area (Å²) in [7, 11) is 0. The molecule has 5 rings (SSSR count). The second kappa shape index (κ2) is 9.43. The van der Waals surface area contributed by atoms with Crippen LogP contribution in [0, 0.1) is 47.6 Å². The van der Waals surface area contributed by atoms with E-state index >= 15 is 0 Å². The molecule has 37 heavy (non-hydrogen) atoms. The summed E-state index contributed by atoms with van der Waals surface area (Å²) in [5.41, 5.74) is 2.06. The number of fused-ring (bicyclic) bond motifs is 5. The molecule has 2 bridgehead atoms. The number of carbonyl (C=O) groups excluding carboxylic acids is 4. The third kappa shape index (κ3) is 4.12. The number of hydrogen-bond donors (Lipinski definition) is 0. The molecule has 1 aliphatic heterocycles. The van der Waals surface area contributed by atoms with Gasteiger partial charge in [-0.25, -0.2) is 5.01 Å². The Labute approximate surface area is 229 Å². The van der Waals surface area contributed by atoms with Crippen molar-refractivity contribution in [3.05, 3.63) is 74.8 Å².